The van der Waals surface area contributed by atoms with Gasteiger partial charge >= 0.3 is 0 Å². The van der Waals surface area contributed by atoms with Crippen molar-refractivity contribution in [3.63, 3.8) is 0 Å². The molecule has 186 valence electrons. The second kappa shape index (κ2) is 11.2. The number of aliphatic imine (C=N–C) groups is 1. The SMILES string of the molecule is CCCCOc1cccc(-c2nn(-c3ccccc3)cc2/C=C2\SC(N3CCC(C)CC3)=NC2=O)c1. The van der Waals surface area contributed by atoms with Crippen molar-refractivity contribution >= 4 is 28.9 Å². The molecule has 0 bridgehead atoms. The van der Waals surface area contributed by atoms with E-state index in [0.29, 0.717) is 11.5 Å². The summed E-state index contributed by atoms with van der Waals surface area (Å²) in [5.74, 6) is 1.38. The smallest absolute Gasteiger partial charge is 0.286 e. The molecule has 5 rings (SSSR count). The molecule has 0 spiro atoms. The van der Waals surface area contributed by atoms with Crippen molar-refractivity contribution in [3.05, 3.63) is 71.3 Å². The number of ether oxygens (including phenoxy) is 1. The number of nitrogens with zero attached hydrogens (tertiary/aromatic N) is 4. The second-order valence-electron chi connectivity index (χ2n) is 9.42. The van der Waals surface area contributed by atoms with Gasteiger partial charge in [-0.05, 0) is 67.3 Å². The van der Waals surface area contributed by atoms with E-state index in [0.717, 1.165) is 78.1 Å². The van der Waals surface area contributed by atoms with Crippen molar-refractivity contribution in [2.45, 2.75) is 39.5 Å². The minimum absolute atomic E-state index is 0.177. The van der Waals surface area contributed by atoms with E-state index < -0.39 is 0 Å². The lowest BCUT2D eigenvalue weighted by Gasteiger charge is -2.30. The first-order valence-electron chi connectivity index (χ1n) is 12.8. The Kier molecular flexibility index (Phi) is 7.56. The lowest BCUT2D eigenvalue weighted by molar-refractivity contribution is -0.113. The third-order valence-electron chi connectivity index (χ3n) is 6.59. The fourth-order valence-corrected chi connectivity index (χ4v) is 5.33. The van der Waals surface area contributed by atoms with Crippen LogP contribution in [0.1, 0.15) is 45.1 Å². The number of carbonyl (C=O) groups excluding carboxylic acids is 1. The summed E-state index contributed by atoms with van der Waals surface area (Å²) >= 11 is 1.47. The van der Waals surface area contributed by atoms with Crippen LogP contribution >= 0.6 is 11.8 Å². The second-order valence-corrected chi connectivity index (χ2v) is 10.4. The highest BCUT2D eigenvalue weighted by atomic mass is 32.2. The Labute approximate surface area is 217 Å². The molecule has 7 heteroatoms. The maximum Gasteiger partial charge on any atom is 0.286 e. The van der Waals surface area contributed by atoms with Gasteiger partial charge in [0.1, 0.15) is 11.4 Å². The average Bonchev–Trinajstić information content (AvgIpc) is 3.49. The van der Waals surface area contributed by atoms with Gasteiger partial charge in [-0.1, -0.05) is 50.6 Å². The van der Waals surface area contributed by atoms with Crippen LogP contribution in [0.3, 0.4) is 0 Å². The number of amides is 1. The number of hydrogen-bond donors (Lipinski definition) is 0. The average molecular weight is 501 g/mol. The number of para-hydroxylation sites is 1. The largest absolute Gasteiger partial charge is 0.494 e. The normalized spacial score (nSPS) is 17.6. The van der Waals surface area contributed by atoms with Crippen LogP contribution in [-0.2, 0) is 4.79 Å². The molecule has 2 aromatic carbocycles. The lowest BCUT2D eigenvalue weighted by atomic mass is 10.00. The Morgan fingerprint density at radius 3 is 2.69 bits per heavy atom. The highest BCUT2D eigenvalue weighted by molar-refractivity contribution is 8.18. The first-order valence-corrected chi connectivity index (χ1v) is 13.6. The molecule has 6 nitrogen and oxygen atoms in total. The Balaban J connectivity index is 1.46. The van der Waals surface area contributed by atoms with Crippen LogP contribution < -0.4 is 4.74 Å². The van der Waals surface area contributed by atoms with Gasteiger partial charge in [0.05, 0.1) is 17.2 Å². The van der Waals surface area contributed by atoms with Crippen LogP contribution in [0, 0.1) is 5.92 Å². The van der Waals surface area contributed by atoms with Gasteiger partial charge in [0.15, 0.2) is 5.17 Å². The van der Waals surface area contributed by atoms with Crippen LogP contribution in [0.4, 0.5) is 0 Å². The van der Waals surface area contributed by atoms with Gasteiger partial charge in [-0.3, -0.25) is 4.79 Å². The van der Waals surface area contributed by atoms with E-state index in [1.54, 1.807) is 0 Å². The van der Waals surface area contributed by atoms with E-state index in [9.17, 15) is 4.79 Å². The van der Waals surface area contributed by atoms with Crippen molar-refractivity contribution in [1.29, 1.82) is 0 Å². The van der Waals surface area contributed by atoms with Crippen LogP contribution in [0.5, 0.6) is 5.75 Å². The van der Waals surface area contributed by atoms with Crippen molar-refractivity contribution in [1.82, 2.24) is 14.7 Å². The maximum atomic E-state index is 12.9. The van der Waals surface area contributed by atoms with Crippen molar-refractivity contribution in [2.24, 2.45) is 10.9 Å². The summed E-state index contributed by atoms with van der Waals surface area (Å²) in [5, 5.41) is 5.74. The number of likely N-dealkylation sites (tertiary alicyclic amines) is 1. The number of unbranched alkanes of at least 4 members (excludes halogenated alkanes) is 1. The molecule has 0 aliphatic carbocycles. The van der Waals surface area contributed by atoms with Gasteiger partial charge in [-0.15, -0.1) is 0 Å². The predicted octanol–water partition coefficient (Wildman–Crippen LogP) is 6.42. The van der Waals surface area contributed by atoms with Crippen LogP contribution in [0.15, 0.2) is 70.7 Å². The van der Waals surface area contributed by atoms with E-state index in [1.165, 1.54) is 11.8 Å². The molecule has 0 N–H and O–H groups in total. The van der Waals surface area contributed by atoms with Gasteiger partial charge in [0.25, 0.3) is 5.91 Å². The Hall–Kier alpha value is -3.32. The number of hydrogen-bond acceptors (Lipinski definition) is 5. The van der Waals surface area contributed by atoms with Crippen LogP contribution in [-0.4, -0.2) is 45.5 Å². The maximum absolute atomic E-state index is 12.9. The number of benzene rings is 2. The van der Waals surface area contributed by atoms with Crippen LogP contribution in [0.25, 0.3) is 23.0 Å². The first-order chi connectivity index (χ1) is 17.6. The molecule has 1 fully saturated rings. The van der Waals surface area contributed by atoms with Crippen molar-refractivity contribution < 1.29 is 9.53 Å². The molecule has 0 atom stereocenters. The molecule has 0 unspecified atom stereocenters. The van der Waals surface area contributed by atoms with Gasteiger partial charge in [-0.2, -0.15) is 10.1 Å². The van der Waals surface area contributed by atoms with Gasteiger partial charge in [0, 0.05) is 30.4 Å². The zero-order chi connectivity index (χ0) is 24.9. The summed E-state index contributed by atoms with van der Waals surface area (Å²) in [5.41, 5.74) is 3.60. The molecule has 36 heavy (non-hydrogen) atoms. The minimum Gasteiger partial charge on any atom is -0.494 e. The molecule has 0 radical (unpaired) electrons. The Morgan fingerprint density at radius 1 is 1.11 bits per heavy atom. The molecule has 3 aromatic rings. The summed E-state index contributed by atoms with van der Waals surface area (Å²) in [6.45, 7) is 7.03. The van der Waals surface area contributed by atoms with Crippen molar-refractivity contribution in [2.75, 3.05) is 19.7 Å². The minimum atomic E-state index is -0.177. The van der Waals surface area contributed by atoms with Gasteiger partial charge in [-0.25, -0.2) is 4.68 Å². The zero-order valence-electron chi connectivity index (χ0n) is 20.9. The highest BCUT2D eigenvalue weighted by Gasteiger charge is 2.28. The third-order valence-corrected chi connectivity index (χ3v) is 7.63. The standard InChI is InChI=1S/C29H32N4O2S/c1-3-4-17-35-25-12-8-9-22(18-25)27-23(20-33(31-27)24-10-6-5-7-11-24)19-26-28(34)30-29(36-26)32-15-13-21(2)14-16-32/h5-12,18-21H,3-4,13-17H2,1-2H3/b26-19-. The molecule has 3 heterocycles. The molecule has 1 saturated heterocycles. The molecule has 1 amide bonds. The topological polar surface area (TPSA) is 59.7 Å². The number of piperidine rings is 1. The quantitative estimate of drug-likeness (QED) is 0.277. The van der Waals surface area contributed by atoms with Crippen molar-refractivity contribution in [3.8, 4) is 22.7 Å². The lowest BCUT2D eigenvalue weighted by Crippen LogP contribution is -2.35. The fourth-order valence-electron chi connectivity index (χ4n) is 4.37. The Morgan fingerprint density at radius 2 is 1.92 bits per heavy atom. The molecule has 2 aliphatic rings. The van der Waals surface area contributed by atoms with Gasteiger partial charge < -0.3 is 9.64 Å². The number of rotatable bonds is 7. The molecular weight excluding hydrogens is 468 g/mol. The number of carbonyl (C=O) groups is 1. The highest BCUT2D eigenvalue weighted by Crippen LogP contribution is 2.35. The number of aromatic nitrogens is 2. The molecule has 1 aromatic heterocycles. The summed E-state index contributed by atoms with van der Waals surface area (Å²) in [6.07, 6.45) is 8.29. The zero-order valence-corrected chi connectivity index (χ0v) is 21.7. The molecule has 0 saturated carbocycles. The predicted molar refractivity (Wildman–Crippen MR) is 147 cm³/mol. The number of amidine groups is 1. The number of thioether (sulfide) groups is 1. The van der Waals surface area contributed by atoms with E-state index in [-0.39, 0.29) is 5.91 Å². The van der Waals surface area contributed by atoms with E-state index >= 15 is 0 Å². The monoisotopic (exact) mass is 500 g/mol. The van der Waals surface area contributed by atoms with E-state index in [2.05, 4.69) is 23.7 Å². The molecular formula is C29H32N4O2S. The molecule has 2 aliphatic heterocycles. The fraction of sp³-hybridized carbons (Fsp3) is 0.345. The summed E-state index contributed by atoms with van der Waals surface area (Å²) < 4.78 is 7.81. The van der Waals surface area contributed by atoms with Gasteiger partial charge in [0.2, 0.25) is 0 Å². The summed E-state index contributed by atoms with van der Waals surface area (Å²) in [4.78, 5) is 20.1. The summed E-state index contributed by atoms with van der Waals surface area (Å²) in [7, 11) is 0. The first kappa shape index (κ1) is 24.4. The Bertz CT molecular complexity index is 1270. The third kappa shape index (κ3) is 5.57. The van der Waals surface area contributed by atoms with Crippen LogP contribution in [0.2, 0.25) is 0 Å². The van der Waals surface area contributed by atoms with E-state index in [1.807, 2.05) is 71.6 Å². The summed E-state index contributed by atoms with van der Waals surface area (Å²) in [6, 6.07) is 18.0. The van der Waals surface area contributed by atoms with E-state index in [4.69, 9.17) is 9.84 Å².